The van der Waals surface area contributed by atoms with Gasteiger partial charge < -0.3 is 14.8 Å². The molecule has 0 aliphatic heterocycles. The SMILES string of the molecule is CC(C)(C)CN(Cc1nnc(-c2cccnc2Nc2ccc(C(F)(F)F)cc2)o1)C(=O)O. The minimum Gasteiger partial charge on any atom is -0.465 e. The maximum atomic E-state index is 12.8. The summed E-state index contributed by atoms with van der Waals surface area (Å²) in [5.41, 5.74) is -0.212. The lowest BCUT2D eigenvalue weighted by Gasteiger charge is -2.26. The number of nitrogens with zero attached hydrogens (tertiary/aromatic N) is 4. The molecule has 32 heavy (non-hydrogen) atoms. The summed E-state index contributed by atoms with van der Waals surface area (Å²) < 4.78 is 43.9. The van der Waals surface area contributed by atoms with E-state index in [2.05, 4.69) is 20.5 Å². The Morgan fingerprint density at radius 2 is 1.81 bits per heavy atom. The number of rotatable bonds is 6. The van der Waals surface area contributed by atoms with Crippen molar-refractivity contribution in [3.8, 4) is 11.5 Å². The van der Waals surface area contributed by atoms with Crippen LogP contribution < -0.4 is 5.32 Å². The highest BCUT2D eigenvalue weighted by atomic mass is 19.4. The number of pyridine rings is 1. The molecule has 0 unspecified atom stereocenters. The number of nitrogens with one attached hydrogen (secondary N) is 1. The van der Waals surface area contributed by atoms with Gasteiger partial charge in [0.2, 0.25) is 5.89 Å². The Kier molecular flexibility index (Phi) is 6.37. The molecule has 0 saturated carbocycles. The van der Waals surface area contributed by atoms with E-state index in [4.69, 9.17) is 4.42 Å². The third kappa shape index (κ3) is 5.96. The van der Waals surface area contributed by atoms with E-state index < -0.39 is 17.8 Å². The van der Waals surface area contributed by atoms with E-state index in [9.17, 15) is 23.1 Å². The number of anilines is 2. The van der Waals surface area contributed by atoms with Gasteiger partial charge in [0.05, 0.1) is 11.1 Å². The Hall–Kier alpha value is -3.63. The Balaban J connectivity index is 1.80. The number of hydrogen-bond acceptors (Lipinski definition) is 6. The standard InChI is InChI=1S/C21H22F3N5O3/c1-20(2,3)12-29(19(30)31)11-16-27-28-18(32-16)15-5-4-10-25-17(15)26-14-8-6-13(7-9-14)21(22,23)24/h4-10H,11-12H2,1-3H3,(H,25,26)(H,30,31). The molecular formula is C21H22F3N5O3. The van der Waals surface area contributed by atoms with Crippen molar-refractivity contribution >= 4 is 17.6 Å². The molecule has 0 spiro atoms. The quantitative estimate of drug-likeness (QED) is 0.518. The maximum absolute atomic E-state index is 12.8. The fraction of sp³-hybridized carbons (Fsp3) is 0.333. The van der Waals surface area contributed by atoms with Crippen molar-refractivity contribution in [1.29, 1.82) is 0 Å². The summed E-state index contributed by atoms with van der Waals surface area (Å²) in [6, 6.07) is 7.80. The molecule has 1 aromatic carbocycles. The van der Waals surface area contributed by atoms with Crippen LogP contribution in [-0.4, -0.2) is 37.8 Å². The van der Waals surface area contributed by atoms with Crippen molar-refractivity contribution in [3.63, 3.8) is 0 Å². The van der Waals surface area contributed by atoms with Gasteiger partial charge in [-0.15, -0.1) is 10.2 Å². The van der Waals surface area contributed by atoms with Gasteiger partial charge in [-0.1, -0.05) is 20.8 Å². The molecule has 2 N–H and O–H groups in total. The van der Waals surface area contributed by atoms with E-state index in [0.29, 0.717) is 17.1 Å². The van der Waals surface area contributed by atoms with E-state index in [1.54, 1.807) is 12.1 Å². The van der Waals surface area contributed by atoms with Gasteiger partial charge in [0.25, 0.3) is 5.89 Å². The van der Waals surface area contributed by atoms with E-state index in [1.165, 1.54) is 23.2 Å². The number of aromatic nitrogens is 3. The van der Waals surface area contributed by atoms with Crippen LogP contribution >= 0.6 is 0 Å². The zero-order chi connectivity index (χ0) is 23.5. The van der Waals surface area contributed by atoms with Gasteiger partial charge in [-0.25, -0.2) is 9.78 Å². The van der Waals surface area contributed by atoms with E-state index in [1.807, 2.05) is 20.8 Å². The highest BCUT2D eigenvalue weighted by Crippen LogP contribution is 2.32. The summed E-state index contributed by atoms with van der Waals surface area (Å²) in [5.74, 6) is 0.506. The van der Waals surface area contributed by atoms with Gasteiger partial charge in [-0.3, -0.25) is 4.90 Å². The second-order valence-electron chi connectivity index (χ2n) is 8.30. The van der Waals surface area contributed by atoms with Crippen molar-refractivity contribution in [3.05, 3.63) is 54.0 Å². The molecule has 2 aromatic heterocycles. The average molecular weight is 449 g/mol. The third-order valence-corrected chi connectivity index (χ3v) is 4.24. The highest BCUT2D eigenvalue weighted by Gasteiger charge is 2.30. The van der Waals surface area contributed by atoms with Crippen LogP contribution in [0.15, 0.2) is 47.0 Å². The van der Waals surface area contributed by atoms with Crippen LogP contribution in [0.4, 0.5) is 29.5 Å². The van der Waals surface area contributed by atoms with Gasteiger partial charge in [0.1, 0.15) is 12.4 Å². The van der Waals surface area contributed by atoms with Crippen molar-refractivity contribution in [2.45, 2.75) is 33.5 Å². The first-order chi connectivity index (χ1) is 14.9. The minimum atomic E-state index is -4.42. The summed E-state index contributed by atoms with van der Waals surface area (Å²) in [4.78, 5) is 16.9. The van der Waals surface area contributed by atoms with Crippen LogP contribution in [0.2, 0.25) is 0 Å². The van der Waals surface area contributed by atoms with Gasteiger partial charge in [0.15, 0.2) is 0 Å². The first-order valence-electron chi connectivity index (χ1n) is 9.62. The first kappa shape index (κ1) is 23.0. The van der Waals surface area contributed by atoms with Crippen LogP contribution in [0.1, 0.15) is 32.2 Å². The summed E-state index contributed by atoms with van der Waals surface area (Å²) in [5, 5.41) is 20.3. The molecular weight excluding hydrogens is 427 g/mol. The van der Waals surface area contributed by atoms with E-state index >= 15 is 0 Å². The van der Waals surface area contributed by atoms with Gasteiger partial charge >= 0.3 is 12.3 Å². The number of amides is 1. The molecule has 0 aliphatic rings. The van der Waals surface area contributed by atoms with Crippen LogP contribution in [0.25, 0.3) is 11.5 Å². The lowest BCUT2D eigenvalue weighted by Crippen LogP contribution is -2.36. The largest absolute Gasteiger partial charge is 0.465 e. The molecule has 0 atom stereocenters. The fourth-order valence-electron chi connectivity index (χ4n) is 2.91. The van der Waals surface area contributed by atoms with Crippen molar-refractivity contribution in [2.75, 3.05) is 11.9 Å². The summed E-state index contributed by atoms with van der Waals surface area (Å²) in [6.45, 7) is 5.93. The van der Waals surface area contributed by atoms with Crippen LogP contribution in [-0.2, 0) is 12.7 Å². The normalized spacial score (nSPS) is 11.9. The van der Waals surface area contributed by atoms with Crippen molar-refractivity contribution in [1.82, 2.24) is 20.1 Å². The average Bonchev–Trinajstić information content (AvgIpc) is 3.15. The molecule has 0 aliphatic carbocycles. The van der Waals surface area contributed by atoms with E-state index in [0.717, 1.165) is 12.1 Å². The molecule has 2 heterocycles. The van der Waals surface area contributed by atoms with Gasteiger partial charge in [0, 0.05) is 18.4 Å². The molecule has 170 valence electrons. The maximum Gasteiger partial charge on any atom is 0.416 e. The first-order valence-corrected chi connectivity index (χ1v) is 9.62. The predicted molar refractivity (Wildman–Crippen MR) is 110 cm³/mol. The van der Waals surface area contributed by atoms with Gasteiger partial charge in [-0.05, 0) is 41.8 Å². The number of carbonyl (C=O) groups is 1. The number of carboxylic acid groups (broad SMARTS) is 1. The lowest BCUT2D eigenvalue weighted by molar-refractivity contribution is -0.137. The zero-order valence-electron chi connectivity index (χ0n) is 17.6. The lowest BCUT2D eigenvalue weighted by atomic mass is 9.96. The molecule has 11 heteroatoms. The zero-order valence-corrected chi connectivity index (χ0v) is 17.6. The topological polar surface area (TPSA) is 104 Å². The summed E-state index contributed by atoms with van der Waals surface area (Å²) in [7, 11) is 0. The smallest absolute Gasteiger partial charge is 0.416 e. The van der Waals surface area contributed by atoms with Gasteiger partial charge in [-0.2, -0.15) is 13.2 Å². The highest BCUT2D eigenvalue weighted by molar-refractivity contribution is 5.73. The molecule has 3 rings (SSSR count). The molecule has 1 amide bonds. The summed E-state index contributed by atoms with van der Waals surface area (Å²) in [6.07, 6.45) is -4.03. The molecule has 3 aromatic rings. The van der Waals surface area contributed by atoms with Crippen LogP contribution in [0, 0.1) is 5.41 Å². The monoisotopic (exact) mass is 449 g/mol. The summed E-state index contributed by atoms with van der Waals surface area (Å²) >= 11 is 0. The Morgan fingerprint density at radius 3 is 2.41 bits per heavy atom. The molecule has 0 bridgehead atoms. The number of halogens is 3. The van der Waals surface area contributed by atoms with Crippen LogP contribution in [0.3, 0.4) is 0 Å². The molecule has 0 fully saturated rings. The predicted octanol–water partition coefficient (Wildman–Crippen LogP) is 5.42. The van der Waals surface area contributed by atoms with Crippen molar-refractivity contribution < 1.29 is 27.5 Å². The third-order valence-electron chi connectivity index (χ3n) is 4.24. The van der Waals surface area contributed by atoms with Crippen molar-refractivity contribution in [2.24, 2.45) is 5.41 Å². The number of benzene rings is 1. The number of hydrogen-bond donors (Lipinski definition) is 2. The van der Waals surface area contributed by atoms with Crippen LogP contribution in [0.5, 0.6) is 0 Å². The Bertz CT molecular complexity index is 1080. The Labute approximate surface area is 182 Å². The molecule has 0 radical (unpaired) electrons. The van der Waals surface area contributed by atoms with E-state index in [-0.39, 0.29) is 30.3 Å². The second-order valence-corrected chi connectivity index (χ2v) is 8.30. The molecule has 0 saturated heterocycles. The second kappa shape index (κ2) is 8.85. The Morgan fingerprint density at radius 1 is 1.12 bits per heavy atom. The molecule has 8 nitrogen and oxygen atoms in total. The fourth-order valence-corrected chi connectivity index (χ4v) is 2.91. The minimum absolute atomic E-state index is 0.0818. The number of alkyl halides is 3.